The molecule has 11 heteroatoms. The zero-order valence-corrected chi connectivity index (χ0v) is 28.1. The molecule has 48 heavy (non-hydrogen) atoms. The van der Waals surface area contributed by atoms with Gasteiger partial charge < -0.3 is 29.7 Å². The van der Waals surface area contributed by atoms with Gasteiger partial charge in [0.15, 0.2) is 0 Å². The van der Waals surface area contributed by atoms with E-state index in [2.05, 4.69) is 18.5 Å². The summed E-state index contributed by atoms with van der Waals surface area (Å²) in [6.45, 7) is 9.72. The summed E-state index contributed by atoms with van der Waals surface area (Å²) in [5.74, 6) is -3.41. The lowest BCUT2D eigenvalue weighted by molar-refractivity contribution is -0.160. The van der Waals surface area contributed by atoms with Gasteiger partial charge >= 0.3 is 5.97 Å². The molecule has 3 fully saturated rings. The number of allylic oxidation sites excluding steroid dienone is 1. The third-order valence-electron chi connectivity index (χ3n) is 9.64. The maximum absolute atomic E-state index is 14.8. The summed E-state index contributed by atoms with van der Waals surface area (Å²) in [6.07, 6.45) is 4.41. The summed E-state index contributed by atoms with van der Waals surface area (Å²) >= 11 is 6.64. The summed E-state index contributed by atoms with van der Waals surface area (Å²) in [5.41, 5.74) is 0.748. The first-order valence-corrected chi connectivity index (χ1v) is 17.0. The second-order valence-electron chi connectivity index (χ2n) is 12.6. The number of aliphatic hydroxyl groups excluding tert-OH is 1. The molecule has 0 aliphatic carbocycles. The van der Waals surface area contributed by atoms with E-state index in [1.165, 1.54) is 4.90 Å². The summed E-state index contributed by atoms with van der Waals surface area (Å²) in [4.78, 5) is 58.8. The Balaban J connectivity index is 1.47. The van der Waals surface area contributed by atoms with Crippen LogP contribution in [0.1, 0.15) is 55.8 Å². The van der Waals surface area contributed by atoms with Crippen LogP contribution in [0.3, 0.4) is 0 Å². The molecule has 2 bridgehead atoms. The van der Waals surface area contributed by atoms with Gasteiger partial charge in [-0.15, -0.1) is 13.2 Å². The molecular formula is C37H44ClN3O7. The molecule has 0 radical (unpaired) electrons. The van der Waals surface area contributed by atoms with E-state index in [0.717, 1.165) is 5.56 Å². The Kier molecular flexibility index (Phi) is 11.4. The first-order valence-electron chi connectivity index (χ1n) is 16.6. The van der Waals surface area contributed by atoms with Crippen molar-refractivity contribution in [2.75, 3.05) is 31.1 Å². The van der Waals surface area contributed by atoms with E-state index in [-0.39, 0.29) is 50.4 Å². The zero-order chi connectivity index (χ0) is 34.4. The van der Waals surface area contributed by atoms with Crippen LogP contribution in [0.15, 0.2) is 73.8 Å². The lowest BCUT2D eigenvalue weighted by atomic mass is 9.70. The number of benzene rings is 2. The van der Waals surface area contributed by atoms with Crippen molar-refractivity contribution in [3.05, 3.63) is 90.0 Å². The molecule has 3 amide bonds. The van der Waals surface area contributed by atoms with Crippen LogP contribution in [0.25, 0.3) is 0 Å². The minimum Gasteiger partial charge on any atom is -0.455 e. The third-order valence-corrected chi connectivity index (χ3v) is 9.94. The predicted molar refractivity (Wildman–Crippen MR) is 182 cm³/mol. The van der Waals surface area contributed by atoms with Crippen molar-refractivity contribution in [2.24, 2.45) is 11.8 Å². The fourth-order valence-electron chi connectivity index (χ4n) is 7.51. The van der Waals surface area contributed by atoms with Gasteiger partial charge in [0, 0.05) is 26.1 Å². The number of aryl methyl sites for hydroxylation is 1. The molecule has 5 rings (SSSR count). The van der Waals surface area contributed by atoms with Crippen LogP contribution in [-0.4, -0.2) is 77.7 Å². The van der Waals surface area contributed by atoms with E-state index in [9.17, 15) is 24.3 Å². The topological polar surface area (TPSA) is 125 Å². The number of rotatable bonds is 16. The fraction of sp³-hybridized carbons (Fsp3) is 0.459. The molecule has 0 unspecified atom stereocenters. The Morgan fingerprint density at radius 2 is 1.94 bits per heavy atom. The molecule has 3 saturated heterocycles. The third kappa shape index (κ3) is 6.79. The van der Waals surface area contributed by atoms with Crippen molar-refractivity contribution in [2.45, 2.75) is 69.3 Å². The minimum absolute atomic E-state index is 0.0514. The fourth-order valence-corrected chi connectivity index (χ4v) is 7.83. The number of nitrogens with zero attached hydrogens (tertiary/aromatic N) is 2. The number of amides is 3. The number of halogens is 1. The van der Waals surface area contributed by atoms with Crippen molar-refractivity contribution in [3.8, 4) is 0 Å². The quantitative estimate of drug-likeness (QED) is 0.150. The van der Waals surface area contributed by atoms with Gasteiger partial charge in [0.25, 0.3) is 5.91 Å². The summed E-state index contributed by atoms with van der Waals surface area (Å²) < 4.78 is 12.7. The summed E-state index contributed by atoms with van der Waals surface area (Å²) in [5, 5.41) is 12.7. The lowest BCUT2D eigenvalue weighted by Gasteiger charge is -2.37. The second-order valence-corrected chi connectivity index (χ2v) is 13.0. The van der Waals surface area contributed by atoms with E-state index in [1.807, 2.05) is 43.3 Å². The molecule has 2 aromatic rings. The maximum Gasteiger partial charge on any atom is 0.313 e. The van der Waals surface area contributed by atoms with Gasteiger partial charge in [0.05, 0.1) is 35.2 Å². The number of hydrogen-bond acceptors (Lipinski definition) is 7. The summed E-state index contributed by atoms with van der Waals surface area (Å²) in [7, 11) is 0. The number of unbranched alkanes of at least 4 members (excludes halogenated alkanes) is 1. The number of carbonyl (C=O) groups is 4. The van der Waals surface area contributed by atoms with Crippen molar-refractivity contribution in [3.63, 3.8) is 0 Å². The predicted octanol–water partition coefficient (Wildman–Crippen LogP) is 4.68. The summed E-state index contributed by atoms with van der Waals surface area (Å²) in [6, 6.07) is 13.5. The van der Waals surface area contributed by atoms with Gasteiger partial charge in [-0.2, -0.15) is 0 Å². The Labute approximate surface area is 286 Å². The van der Waals surface area contributed by atoms with Crippen LogP contribution < -0.4 is 10.2 Å². The Bertz CT molecular complexity index is 1510. The first-order chi connectivity index (χ1) is 23.2. The molecule has 256 valence electrons. The average Bonchev–Trinajstić information content (AvgIpc) is 3.72. The monoisotopic (exact) mass is 677 g/mol. The number of aliphatic hydroxyl groups is 1. The van der Waals surface area contributed by atoms with Crippen LogP contribution in [0.2, 0.25) is 5.02 Å². The van der Waals surface area contributed by atoms with Crippen LogP contribution in [-0.2, 0) is 28.7 Å². The first kappa shape index (κ1) is 35.3. The maximum atomic E-state index is 14.8. The molecule has 1 spiro atoms. The number of para-hydroxylation sites is 1. The minimum atomic E-state index is -1.25. The van der Waals surface area contributed by atoms with Crippen LogP contribution in [0, 0.1) is 18.8 Å². The Morgan fingerprint density at radius 3 is 2.62 bits per heavy atom. The zero-order valence-electron chi connectivity index (χ0n) is 27.3. The van der Waals surface area contributed by atoms with Crippen LogP contribution in [0.5, 0.6) is 0 Å². The molecule has 10 nitrogen and oxygen atoms in total. The van der Waals surface area contributed by atoms with Gasteiger partial charge in [-0.3, -0.25) is 19.2 Å². The van der Waals surface area contributed by atoms with Crippen molar-refractivity contribution >= 4 is 41.0 Å². The molecule has 3 heterocycles. The lowest BCUT2D eigenvalue weighted by Crippen LogP contribution is -2.56. The SMILES string of the molecule is C=CCCC(=O)NC[C@H](OC(=O)[C@@H]1[C@H]2C(=O)N(CCCCO)[C@H](C(=O)N(CC=C)c3c(C)cccc3Cl)[C@]23CC[C@H]1O3)c1ccccc1. The number of nitrogens with one attached hydrogen (secondary N) is 1. The largest absolute Gasteiger partial charge is 0.455 e. The molecule has 6 atom stereocenters. The standard InChI is InChI=1S/C37H44ClN3O7/c1-4-6-17-29(43)39-23-28(25-14-8-7-9-15-25)47-36(46)30-27-18-19-37(48-27)31(30)34(44)41(21-10-11-22-42)33(37)35(45)40(20-5-2)32-24(3)13-12-16-26(32)38/h4-5,7-9,12-16,27-28,30-31,33,42H,1-2,6,10-11,17-23H2,3H3,(H,39,43)/t27-,28+,30+,31+,33-,37+/m1/s1. The van der Waals surface area contributed by atoms with Gasteiger partial charge in [0.1, 0.15) is 17.7 Å². The molecule has 2 aromatic carbocycles. The van der Waals surface area contributed by atoms with Crippen LogP contribution >= 0.6 is 11.6 Å². The highest BCUT2D eigenvalue weighted by Gasteiger charge is 2.75. The molecule has 3 aliphatic rings. The molecule has 3 aliphatic heterocycles. The van der Waals surface area contributed by atoms with Crippen molar-refractivity contribution in [1.82, 2.24) is 10.2 Å². The van der Waals surface area contributed by atoms with E-state index >= 15 is 0 Å². The number of ether oxygens (including phenoxy) is 2. The van der Waals surface area contributed by atoms with Crippen LogP contribution in [0.4, 0.5) is 5.69 Å². The molecule has 0 saturated carbocycles. The van der Waals surface area contributed by atoms with Gasteiger partial charge in [0.2, 0.25) is 11.8 Å². The highest BCUT2D eigenvalue weighted by molar-refractivity contribution is 6.34. The van der Waals surface area contributed by atoms with Crippen molar-refractivity contribution in [1.29, 1.82) is 0 Å². The Hall–Kier alpha value is -3.99. The normalized spacial score (nSPS) is 24.6. The van der Waals surface area contributed by atoms with Gasteiger partial charge in [-0.25, -0.2) is 0 Å². The van der Waals surface area contributed by atoms with Crippen molar-refractivity contribution < 1.29 is 33.8 Å². The highest BCUT2D eigenvalue weighted by Crippen LogP contribution is 2.59. The molecule has 2 N–H and O–H groups in total. The van der Waals surface area contributed by atoms with Gasteiger partial charge in [-0.1, -0.05) is 66.2 Å². The average molecular weight is 678 g/mol. The number of carbonyl (C=O) groups excluding carboxylic acids is 4. The van der Waals surface area contributed by atoms with E-state index < -0.39 is 41.7 Å². The smallest absolute Gasteiger partial charge is 0.313 e. The number of anilines is 1. The number of esters is 1. The second kappa shape index (κ2) is 15.5. The van der Waals surface area contributed by atoms with Gasteiger partial charge in [-0.05, 0) is 56.2 Å². The molecular weight excluding hydrogens is 634 g/mol. The highest BCUT2D eigenvalue weighted by atomic mass is 35.5. The number of fused-ring (bicyclic) bond motifs is 1. The molecule has 0 aromatic heterocycles. The number of hydrogen-bond donors (Lipinski definition) is 2. The van der Waals surface area contributed by atoms with E-state index in [1.54, 1.807) is 29.2 Å². The van der Waals surface area contributed by atoms with E-state index in [4.69, 9.17) is 21.1 Å². The van der Waals surface area contributed by atoms with E-state index in [0.29, 0.717) is 48.4 Å². The Morgan fingerprint density at radius 1 is 1.17 bits per heavy atom. The number of likely N-dealkylation sites (tertiary alicyclic amines) is 1.